The zero-order valence-corrected chi connectivity index (χ0v) is 13.1. The summed E-state index contributed by atoms with van der Waals surface area (Å²) < 4.78 is 5.20. The number of ether oxygens (including phenoxy) is 1. The number of H-pyrrole nitrogens is 1. The molecular weight excluding hydrogens is 276 g/mol. The molecule has 5 heteroatoms. The fourth-order valence-electron chi connectivity index (χ4n) is 2.92. The molecule has 1 saturated heterocycles. The normalized spacial score (nSPS) is 15.3. The van der Waals surface area contributed by atoms with Gasteiger partial charge in [-0.2, -0.15) is 5.10 Å². The van der Waals surface area contributed by atoms with Gasteiger partial charge in [0.1, 0.15) is 5.75 Å². The molecule has 0 unspecified atom stereocenters. The van der Waals surface area contributed by atoms with Crippen LogP contribution >= 0.6 is 0 Å². The predicted octanol–water partition coefficient (Wildman–Crippen LogP) is 2.27. The summed E-state index contributed by atoms with van der Waals surface area (Å²) in [7, 11) is 1.68. The standard InChI is InChI=1S/C17H24N4O/c1-22-16-6-4-14(5-7-16)17-15(13-19-20-17)12-18-8-11-21-9-2-3-10-21/h4-7,13,18H,2-3,8-12H2,1H3,(H,19,20). The molecule has 2 N–H and O–H groups in total. The van der Waals surface area contributed by atoms with Gasteiger partial charge < -0.3 is 15.0 Å². The van der Waals surface area contributed by atoms with Crippen LogP contribution in [0, 0.1) is 0 Å². The second kappa shape index (κ2) is 7.42. The van der Waals surface area contributed by atoms with Crippen molar-refractivity contribution in [2.24, 2.45) is 0 Å². The van der Waals surface area contributed by atoms with Crippen molar-refractivity contribution in [3.8, 4) is 17.0 Å². The van der Waals surface area contributed by atoms with Gasteiger partial charge in [-0.3, -0.25) is 5.10 Å². The van der Waals surface area contributed by atoms with E-state index in [0.717, 1.165) is 36.6 Å². The lowest BCUT2D eigenvalue weighted by Crippen LogP contribution is -2.29. The van der Waals surface area contributed by atoms with Crippen LogP contribution in [0.25, 0.3) is 11.3 Å². The van der Waals surface area contributed by atoms with Gasteiger partial charge in [-0.05, 0) is 50.2 Å². The Morgan fingerprint density at radius 1 is 1.23 bits per heavy atom. The second-order valence-corrected chi connectivity index (χ2v) is 5.72. The number of nitrogens with zero attached hydrogens (tertiary/aromatic N) is 2. The van der Waals surface area contributed by atoms with Gasteiger partial charge in [0.25, 0.3) is 0 Å². The Balaban J connectivity index is 1.54. The highest BCUT2D eigenvalue weighted by Gasteiger charge is 2.11. The van der Waals surface area contributed by atoms with E-state index in [1.165, 1.54) is 31.5 Å². The van der Waals surface area contributed by atoms with Gasteiger partial charge in [0.05, 0.1) is 19.0 Å². The summed E-state index contributed by atoms with van der Waals surface area (Å²) in [5.74, 6) is 0.869. The molecule has 0 atom stereocenters. The Morgan fingerprint density at radius 2 is 2.00 bits per heavy atom. The van der Waals surface area contributed by atoms with E-state index in [4.69, 9.17) is 4.74 Å². The van der Waals surface area contributed by atoms with Crippen LogP contribution in [0.5, 0.6) is 5.75 Å². The van der Waals surface area contributed by atoms with E-state index >= 15 is 0 Å². The average molecular weight is 300 g/mol. The maximum absolute atomic E-state index is 5.20. The number of methoxy groups -OCH3 is 1. The minimum atomic E-state index is 0.839. The van der Waals surface area contributed by atoms with Gasteiger partial charge in [-0.1, -0.05) is 0 Å². The van der Waals surface area contributed by atoms with Crippen LogP contribution in [0.1, 0.15) is 18.4 Å². The van der Waals surface area contributed by atoms with Crippen LogP contribution in [0.3, 0.4) is 0 Å². The molecule has 0 amide bonds. The number of hydrogen-bond acceptors (Lipinski definition) is 4. The second-order valence-electron chi connectivity index (χ2n) is 5.72. The van der Waals surface area contributed by atoms with Crippen LogP contribution in [-0.4, -0.2) is 48.4 Å². The highest BCUT2D eigenvalue weighted by molar-refractivity contribution is 5.63. The number of aromatic amines is 1. The first-order valence-electron chi connectivity index (χ1n) is 7.96. The lowest BCUT2D eigenvalue weighted by atomic mass is 10.1. The van der Waals surface area contributed by atoms with E-state index in [9.17, 15) is 0 Å². The van der Waals surface area contributed by atoms with Crippen LogP contribution in [-0.2, 0) is 6.54 Å². The van der Waals surface area contributed by atoms with Crippen molar-refractivity contribution in [3.05, 3.63) is 36.0 Å². The number of hydrogen-bond donors (Lipinski definition) is 2. The molecule has 5 nitrogen and oxygen atoms in total. The molecule has 1 aromatic carbocycles. The molecule has 22 heavy (non-hydrogen) atoms. The molecular formula is C17H24N4O. The lowest BCUT2D eigenvalue weighted by Gasteiger charge is -2.14. The maximum Gasteiger partial charge on any atom is 0.118 e. The summed E-state index contributed by atoms with van der Waals surface area (Å²) in [5.41, 5.74) is 3.41. The summed E-state index contributed by atoms with van der Waals surface area (Å²) in [5, 5.41) is 10.8. The van der Waals surface area contributed by atoms with Crippen molar-refractivity contribution in [1.29, 1.82) is 0 Å². The van der Waals surface area contributed by atoms with Crippen molar-refractivity contribution < 1.29 is 4.74 Å². The first-order valence-corrected chi connectivity index (χ1v) is 7.96. The van der Waals surface area contributed by atoms with Crippen molar-refractivity contribution >= 4 is 0 Å². The van der Waals surface area contributed by atoms with Crippen LogP contribution in [0.15, 0.2) is 30.5 Å². The zero-order valence-electron chi connectivity index (χ0n) is 13.1. The molecule has 2 heterocycles. The SMILES string of the molecule is COc1ccc(-c2[nH]ncc2CNCCN2CCCC2)cc1. The third-order valence-electron chi connectivity index (χ3n) is 4.22. The summed E-state index contributed by atoms with van der Waals surface area (Å²) in [4.78, 5) is 2.52. The first-order chi connectivity index (χ1) is 10.9. The van der Waals surface area contributed by atoms with Crippen LogP contribution in [0.2, 0.25) is 0 Å². The van der Waals surface area contributed by atoms with Crippen LogP contribution in [0.4, 0.5) is 0 Å². The third-order valence-corrected chi connectivity index (χ3v) is 4.22. The summed E-state index contributed by atoms with van der Waals surface area (Å²) in [6, 6.07) is 8.06. The molecule has 2 aromatic rings. The monoisotopic (exact) mass is 300 g/mol. The van der Waals surface area contributed by atoms with Gasteiger partial charge in [-0.25, -0.2) is 0 Å². The number of likely N-dealkylation sites (tertiary alicyclic amines) is 1. The molecule has 1 fully saturated rings. The van der Waals surface area contributed by atoms with E-state index in [2.05, 4.69) is 32.5 Å². The molecule has 0 spiro atoms. The van der Waals surface area contributed by atoms with Crippen molar-refractivity contribution in [2.45, 2.75) is 19.4 Å². The highest BCUT2D eigenvalue weighted by atomic mass is 16.5. The Bertz CT molecular complexity index is 573. The molecule has 0 saturated carbocycles. The van der Waals surface area contributed by atoms with Crippen molar-refractivity contribution in [3.63, 3.8) is 0 Å². The quantitative estimate of drug-likeness (QED) is 0.770. The number of nitrogens with one attached hydrogen (secondary N) is 2. The maximum atomic E-state index is 5.20. The number of aromatic nitrogens is 2. The van der Waals surface area contributed by atoms with E-state index in [-0.39, 0.29) is 0 Å². The highest BCUT2D eigenvalue weighted by Crippen LogP contribution is 2.23. The Morgan fingerprint density at radius 3 is 2.73 bits per heavy atom. The predicted molar refractivity (Wildman–Crippen MR) is 88.0 cm³/mol. The van der Waals surface area contributed by atoms with E-state index in [0.29, 0.717) is 0 Å². The van der Waals surface area contributed by atoms with Gasteiger partial charge in [0.15, 0.2) is 0 Å². The van der Waals surface area contributed by atoms with E-state index in [1.807, 2.05) is 18.3 Å². The fourth-order valence-corrected chi connectivity index (χ4v) is 2.92. The Kier molecular flexibility index (Phi) is 5.08. The van der Waals surface area contributed by atoms with Crippen molar-refractivity contribution in [1.82, 2.24) is 20.4 Å². The molecule has 0 bridgehead atoms. The number of benzene rings is 1. The van der Waals surface area contributed by atoms with Crippen LogP contribution < -0.4 is 10.1 Å². The molecule has 3 rings (SSSR count). The molecule has 1 aliphatic heterocycles. The molecule has 0 aliphatic carbocycles. The largest absolute Gasteiger partial charge is 0.497 e. The fraction of sp³-hybridized carbons (Fsp3) is 0.471. The first kappa shape index (κ1) is 15.1. The average Bonchev–Trinajstić information content (AvgIpc) is 3.23. The van der Waals surface area contributed by atoms with Gasteiger partial charge >= 0.3 is 0 Å². The summed E-state index contributed by atoms with van der Waals surface area (Å²) >= 11 is 0. The molecule has 1 aliphatic rings. The molecule has 1 aromatic heterocycles. The Hall–Kier alpha value is -1.85. The minimum Gasteiger partial charge on any atom is -0.497 e. The van der Waals surface area contributed by atoms with Gasteiger partial charge in [0.2, 0.25) is 0 Å². The molecule has 118 valence electrons. The van der Waals surface area contributed by atoms with Gasteiger partial charge in [-0.15, -0.1) is 0 Å². The molecule has 0 radical (unpaired) electrons. The Labute approximate surface area is 131 Å². The van der Waals surface area contributed by atoms with E-state index < -0.39 is 0 Å². The van der Waals surface area contributed by atoms with Gasteiger partial charge in [0, 0.05) is 30.8 Å². The summed E-state index contributed by atoms with van der Waals surface area (Å²) in [6.45, 7) is 5.50. The van der Waals surface area contributed by atoms with E-state index in [1.54, 1.807) is 7.11 Å². The topological polar surface area (TPSA) is 53.2 Å². The summed E-state index contributed by atoms with van der Waals surface area (Å²) in [6.07, 6.45) is 4.61. The third kappa shape index (κ3) is 3.67. The minimum absolute atomic E-state index is 0.839. The zero-order chi connectivity index (χ0) is 15.2. The van der Waals surface area contributed by atoms with Crippen molar-refractivity contribution in [2.75, 3.05) is 33.3 Å². The smallest absolute Gasteiger partial charge is 0.118 e. The lowest BCUT2D eigenvalue weighted by molar-refractivity contribution is 0.335. The number of rotatable bonds is 7.